The zero-order chi connectivity index (χ0) is 26.3. The van der Waals surface area contributed by atoms with Gasteiger partial charge in [0.1, 0.15) is 11.0 Å². The van der Waals surface area contributed by atoms with E-state index in [0.29, 0.717) is 60.9 Å². The average molecular weight is 548 g/mol. The number of halogens is 2. The van der Waals surface area contributed by atoms with Crippen LogP contribution in [0.4, 0.5) is 11.5 Å². The van der Waals surface area contributed by atoms with E-state index in [1.54, 1.807) is 19.5 Å². The molecule has 200 valence electrons. The summed E-state index contributed by atoms with van der Waals surface area (Å²) in [6, 6.07) is 7.57. The van der Waals surface area contributed by atoms with Crippen molar-refractivity contribution in [1.82, 2.24) is 15.3 Å². The van der Waals surface area contributed by atoms with E-state index in [1.807, 2.05) is 12.1 Å². The lowest BCUT2D eigenvalue weighted by atomic mass is 9.81. The summed E-state index contributed by atoms with van der Waals surface area (Å²) in [5.41, 5.74) is 1.83. The Morgan fingerprint density at radius 3 is 2.54 bits per heavy atom. The molecule has 8 nitrogen and oxygen atoms in total. The smallest absolute Gasteiger partial charge is 0.137 e. The van der Waals surface area contributed by atoms with Crippen LogP contribution >= 0.6 is 23.2 Å². The Kier molecular flexibility index (Phi) is 9.85. The van der Waals surface area contributed by atoms with Crippen molar-refractivity contribution in [3.05, 3.63) is 34.7 Å². The fourth-order valence-corrected chi connectivity index (χ4v) is 5.54. The summed E-state index contributed by atoms with van der Waals surface area (Å²) in [5, 5.41) is 21.2. The Morgan fingerprint density at radius 1 is 1.11 bits per heavy atom. The van der Waals surface area contributed by atoms with Crippen molar-refractivity contribution in [1.29, 1.82) is 5.26 Å². The molecule has 1 aliphatic heterocycles. The summed E-state index contributed by atoms with van der Waals surface area (Å²) in [6.45, 7) is 4.61. The molecular formula is C27H36Cl2N6O2. The van der Waals surface area contributed by atoms with Crippen LogP contribution in [0.15, 0.2) is 24.5 Å². The molecule has 2 fully saturated rings. The van der Waals surface area contributed by atoms with Crippen LogP contribution in [0.5, 0.6) is 0 Å². The molecule has 0 amide bonds. The maximum absolute atomic E-state index is 9.75. The molecule has 0 radical (unpaired) electrons. The number of aromatic nitrogens is 2. The summed E-state index contributed by atoms with van der Waals surface area (Å²) >= 11 is 13.1. The number of hydrogen-bond donors (Lipinski definition) is 3. The molecule has 1 saturated carbocycles. The van der Waals surface area contributed by atoms with Crippen molar-refractivity contribution < 1.29 is 9.47 Å². The first-order valence-electron chi connectivity index (χ1n) is 13.0. The van der Waals surface area contributed by atoms with Gasteiger partial charge in [-0.3, -0.25) is 0 Å². The molecule has 4 rings (SSSR count). The van der Waals surface area contributed by atoms with E-state index < -0.39 is 5.41 Å². The van der Waals surface area contributed by atoms with Gasteiger partial charge >= 0.3 is 0 Å². The third-order valence-corrected chi connectivity index (χ3v) is 7.92. The monoisotopic (exact) mass is 546 g/mol. The van der Waals surface area contributed by atoms with Crippen LogP contribution in [0.25, 0.3) is 11.1 Å². The van der Waals surface area contributed by atoms with Gasteiger partial charge in [-0.1, -0.05) is 23.2 Å². The summed E-state index contributed by atoms with van der Waals surface area (Å²) in [7, 11) is 1.74. The predicted molar refractivity (Wildman–Crippen MR) is 148 cm³/mol. The molecule has 10 heteroatoms. The molecule has 3 heterocycles. The highest BCUT2D eigenvalue weighted by Crippen LogP contribution is 2.36. The highest BCUT2D eigenvalue weighted by Gasteiger charge is 2.32. The second kappa shape index (κ2) is 13.1. The van der Waals surface area contributed by atoms with Gasteiger partial charge in [0.15, 0.2) is 0 Å². The molecule has 1 aliphatic carbocycles. The Labute approximate surface area is 229 Å². The van der Waals surface area contributed by atoms with Crippen molar-refractivity contribution in [2.24, 2.45) is 5.41 Å². The molecule has 1 atom stereocenters. The van der Waals surface area contributed by atoms with E-state index in [0.717, 1.165) is 54.9 Å². The van der Waals surface area contributed by atoms with E-state index >= 15 is 0 Å². The number of pyridine rings is 2. The summed E-state index contributed by atoms with van der Waals surface area (Å²) in [5.74, 6) is 0.767. The molecule has 1 saturated heterocycles. The molecule has 0 bridgehead atoms. The molecule has 0 unspecified atom stereocenters. The van der Waals surface area contributed by atoms with Gasteiger partial charge in [0.05, 0.1) is 35.0 Å². The molecule has 2 aromatic rings. The molecular weight excluding hydrogens is 511 g/mol. The quantitative estimate of drug-likeness (QED) is 0.334. The highest BCUT2D eigenvalue weighted by atomic mass is 35.5. The van der Waals surface area contributed by atoms with Gasteiger partial charge in [0.2, 0.25) is 0 Å². The number of rotatable bonds is 10. The van der Waals surface area contributed by atoms with Crippen molar-refractivity contribution in [3.8, 4) is 17.2 Å². The van der Waals surface area contributed by atoms with Crippen molar-refractivity contribution in [2.45, 2.75) is 63.6 Å². The van der Waals surface area contributed by atoms with Crippen molar-refractivity contribution >= 4 is 34.7 Å². The van der Waals surface area contributed by atoms with Crippen LogP contribution in [0.2, 0.25) is 10.2 Å². The fourth-order valence-electron chi connectivity index (χ4n) is 5.13. The minimum absolute atomic E-state index is 0.348. The molecule has 0 spiro atoms. The van der Waals surface area contributed by atoms with Gasteiger partial charge in [-0.15, -0.1) is 0 Å². The molecule has 37 heavy (non-hydrogen) atoms. The van der Waals surface area contributed by atoms with Gasteiger partial charge in [-0.2, -0.15) is 5.26 Å². The second-order valence-corrected chi connectivity index (χ2v) is 11.0. The van der Waals surface area contributed by atoms with E-state index in [2.05, 4.69) is 38.9 Å². The number of nitriles is 1. The zero-order valence-corrected chi connectivity index (χ0v) is 23.0. The summed E-state index contributed by atoms with van der Waals surface area (Å²) in [6.07, 6.45) is 9.08. The Balaban J connectivity index is 1.41. The zero-order valence-electron chi connectivity index (χ0n) is 21.5. The largest absolute Gasteiger partial charge is 0.383 e. The first kappa shape index (κ1) is 27.9. The third kappa shape index (κ3) is 7.46. The molecule has 0 aromatic carbocycles. The minimum Gasteiger partial charge on any atom is -0.383 e. The van der Waals surface area contributed by atoms with Crippen molar-refractivity contribution in [2.75, 3.05) is 44.1 Å². The first-order chi connectivity index (χ1) is 17.9. The van der Waals surface area contributed by atoms with Crippen LogP contribution in [-0.4, -0.2) is 61.6 Å². The SMILES string of the molecule is COC[C@H](C)N[C@H]1CC[C@H](Nc2cc(-c3cc(NCC4(C#N)CCOCC4)cnc3Cl)c(Cl)cn2)CC1. The lowest BCUT2D eigenvalue weighted by Gasteiger charge is -2.32. The Bertz CT molecular complexity index is 1080. The van der Waals surface area contributed by atoms with Gasteiger partial charge in [0.25, 0.3) is 0 Å². The number of anilines is 2. The van der Waals surface area contributed by atoms with Gasteiger partial charge < -0.3 is 25.4 Å². The van der Waals surface area contributed by atoms with Crippen LogP contribution in [0.1, 0.15) is 45.4 Å². The number of nitrogens with one attached hydrogen (secondary N) is 3. The van der Waals surface area contributed by atoms with E-state index in [-0.39, 0.29) is 0 Å². The van der Waals surface area contributed by atoms with Gasteiger partial charge in [-0.25, -0.2) is 9.97 Å². The Hall–Kier alpha value is -2.15. The number of nitrogens with zero attached hydrogens (tertiary/aromatic N) is 3. The lowest BCUT2D eigenvalue weighted by molar-refractivity contribution is 0.0456. The summed E-state index contributed by atoms with van der Waals surface area (Å²) < 4.78 is 10.7. The molecule has 2 aliphatic rings. The number of hydrogen-bond acceptors (Lipinski definition) is 8. The minimum atomic E-state index is -0.445. The molecule has 2 aromatic heterocycles. The number of ether oxygens (including phenoxy) is 2. The van der Waals surface area contributed by atoms with E-state index in [1.165, 1.54) is 0 Å². The molecule has 3 N–H and O–H groups in total. The second-order valence-electron chi connectivity index (χ2n) is 10.2. The Morgan fingerprint density at radius 2 is 1.84 bits per heavy atom. The third-order valence-electron chi connectivity index (χ3n) is 7.32. The maximum Gasteiger partial charge on any atom is 0.137 e. The van der Waals surface area contributed by atoms with Crippen LogP contribution < -0.4 is 16.0 Å². The normalized spacial score (nSPS) is 22.1. The van der Waals surface area contributed by atoms with E-state index in [9.17, 15) is 5.26 Å². The standard InChI is InChI=1S/C27H36Cl2N6O2/c1-18(15-36-2)34-19-3-5-20(6-4-19)35-25-12-22(24(28)14-31-25)23-11-21(13-32-26(23)29)33-17-27(16-30)7-9-37-10-8-27/h11-14,18-20,33-34H,3-10,15,17H2,1-2H3,(H,31,35)/t18-,19-,20-/m0/s1. The average Bonchev–Trinajstić information content (AvgIpc) is 2.91. The van der Waals surface area contributed by atoms with Gasteiger partial charge in [-0.05, 0) is 57.6 Å². The summed E-state index contributed by atoms with van der Waals surface area (Å²) in [4.78, 5) is 8.90. The van der Waals surface area contributed by atoms with Crippen LogP contribution in [-0.2, 0) is 9.47 Å². The first-order valence-corrected chi connectivity index (χ1v) is 13.7. The predicted octanol–water partition coefficient (Wildman–Crippen LogP) is 5.53. The van der Waals surface area contributed by atoms with Gasteiger partial charge in [0, 0.05) is 62.3 Å². The fraction of sp³-hybridized carbons (Fsp3) is 0.593. The maximum atomic E-state index is 9.75. The topological polar surface area (TPSA) is 104 Å². The van der Waals surface area contributed by atoms with E-state index in [4.69, 9.17) is 32.7 Å². The van der Waals surface area contributed by atoms with Crippen LogP contribution in [0.3, 0.4) is 0 Å². The highest BCUT2D eigenvalue weighted by molar-refractivity contribution is 6.36. The number of methoxy groups -OCH3 is 1. The van der Waals surface area contributed by atoms with Crippen LogP contribution in [0, 0.1) is 16.7 Å². The lowest BCUT2D eigenvalue weighted by Crippen LogP contribution is -2.42. The van der Waals surface area contributed by atoms with Crippen molar-refractivity contribution in [3.63, 3.8) is 0 Å².